The molecule has 0 bridgehead atoms. The SMILES string of the molecule is Cn1nc(Nc2ccc(Cl)cc2O)c(N)nc1=O. The molecule has 0 unspecified atom stereocenters. The number of nitrogen functional groups attached to an aromatic ring is 1. The topological polar surface area (TPSA) is 106 Å². The molecule has 0 spiro atoms. The molecule has 1 heterocycles. The summed E-state index contributed by atoms with van der Waals surface area (Å²) in [6, 6.07) is 4.52. The number of aromatic hydroxyl groups is 1. The summed E-state index contributed by atoms with van der Waals surface area (Å²) in [5, 5.41) is 16.7. The molecular formula is C10H10ClN5O2. The van der Waals surface area contributed by atoms with Gasteiger partial charge in [0.1, 0.15) is 5.75 Å². The van der Waals surface area contributed by atoms with E-state index in [0.717, 1.165) is 4.68 Å². The van der Waals surface area contributed by atoms with Crippen LogP contribution in [0, 0.1) is 0 Å². The molecule has 1 aromatic carbocycles. The second-order valence-electron chi connectivity index (χ2n) is 3.54. The van der Waals surface area contributed by atoms with Gasteiger partial charge >= 0.3 is 5.69 Å². The number of nitrogens with one attached hydrogen (secondary N) is 1. The van der Waals surface area contributed by atoms with E-state index in [2.05, 4.69) is 15.4 Å². The molecule has 18 heavy (non-hydrogen) atoms. The molecule has 2 rings (SSSR count). The minimum Gasteiger partial charge on any atom is -0.506 e. The Morgan fingerprint density at radius 1 is 1.50 bits per heavy atom. The second kappa shape index (κ2) is 4.53. The highest BCUT2D eigenvalue weighted by Crippen LogP contribution is 2.29. The molecule has 0 fully saturated rings. The first-order valence-electron chi connectivity index (χ1n) is 4.94. The first kappa shape index (κ1) is 12.2. The van der Waals surface area contributed by atoms with Gasteiger partial charge in [-0.1, -0.05) is 11.6 Å². The highest BCUT2D eigenvalue weighted by Gasteiger charge is 2.09. The van der Waals surface area contributed by atoms with Gasteiger partial charge in [0.05, 0.1) is 5.69 Å². The number of rotatable bonds is 2. The molecule has 94 valence electrons. The third-order valence-electron chi connectivity index (χ3n) is 2.20. The van der Waals surface area contributed by atoms with E-state index < -0.39 is 5.69 Å². The number of halogens is 1. The number of hydrogen-bond donors (Lipinski definition) is 3. The van der Waals surface area contributed by atoms with Gasteiger partial charge in [0.25, 0.3) is 0 Å². The number of benzene rings is 1. The zero-order valence-electron chi connectivity index (χ0n) is 9.38. The molecule has 1 aromatic heterocycles. The maximum atomic E-state index is 11.2. The highest BCUT2D eigenvalue weighted by molar-refractivity contribution is 6.30. The van der Waals surface area contributed by atoms with Crippen LogP contribution in [-0.2, 0) is 7.05 Å². The summed E-state index contributed by atoms with van der Waals surface area (Å²) in [6.45, 7) is 0. The smallest absolute Gasteiger partial charge is 0.365 e. The molecule has 7 nitrogen and oxygen atoms in total. The van der Waals surface area contributed by atoms with Gasteiger partial charge in [-0.2, -0.15) is 4.98 Å². The van der Waals surface area contributed by atoms with Gasteiger partial charge in [-0.15, -0.1) is 5.10 Å². The standard InChI is InChI=1S/C10H10ClN5O2/c1-16-10(18)14-8(12)9(15-16)13-6-3-2-5(11)4-7(6)17/h2-4,17H,1H3,(H,13,15)(H2,12,14,18). The van der Waals surface area contributed by atoms with Crippen molar-refractivity contribution < 1.29 is 5.11 Å². The Hall–Kier alpha value is -2.28. The molecule has 0 aliphatic carbocycles. The Bertz CT molecular complexity index is 655. The van der Waals surface area contributed by atoms with E-state index >= 15 is 0 Å². The summed E-state index contributed by atoms with van der Waals surface area (Å²) in [4.78, 5) is 14.7. The maximum absolute atomic E-state index is 11.2. The van der Waals surface area contributed by atoms with Crippen LogP contribution < -0.4 is 16.7 Å². The number of aryl methyl sites for hydroxylation is 1. The normalized spacial score (nSPS) is 10.3. The number of anilines is 3. The molecule has 4 N–H and O–H groups in total. The lowest BCUT2D eigenvalue weighted by Crippen LogP contribution is -2.25. The Morgan fingerprint density at radius 2 is 2.22 bits per heavy atom. The van der Waals surface area contributed by atoms with Gasteiger partial charge in [0, 0.05) is 18.1 Å². The molecule has 0 radical (unpaired) electrons. The lowest BCUT2D eigenvalue weighted by Gasteiger charge is -2.09. The zero-order chi connectivity index (χ0) is 13.3. The minimum atomic E-state index is -0.557. The number of phenolic OH excluding ortho intramolecular Hbond substituents is 1. The van der Waals surface area contributed by atoms with Gasteiger partial charge in [0.2, 0.25) is 0 Å². The Labute approximate surface area is 107 Å². The van der Waals surface area contributed by atoms with Crippen molar-refractivity contribution in [3.63, 3.8) is 0 Å². The molecule has 0 saturated carbocycles. The molecule has 8 heteroatoms. The lowest BCUT2D eigenvalue weighted by atomic mass is 10.3. The van der Waals surface area contributed by atoms with Gasteiger partial charge in [0.15, 0.2) is 11.6 Å². The fraction of sp³-hybridized carbons (Fsp3) is 0.100. The lowest BCUT2D eigenvalue weighted by molar-refractivity contribution is 0.477. The van der Waals surface area contributed by atoms with Crippen LogP contribution in [0.25, 0.3) is 0 Å². The van der Waals surface area contributed by atoms with Crippen molar-refractivity contribution in [2.24, 2.45) is 7.05 Å². The number of phenols is 1. The summed E-state index contributed by atoms with van der Waals surface area (Å²) in [7, 11) is 1.45. The van der Waals surface area contributed by atoms with Crippen LogP contribution in [0.5, 0.6) is 5.75 Å². The average Bonchev–Trinajstić information content (AvgIpc) is 2.29. The Morgan fingerprint density at radius 3 is 2.89 bits per heavy atom. The molecule has 0 aliphatic heterocycles. The molecule has 0 aliphatic rings. The monoisotopic (exact) mass is 267 g/mol. The third-order valence-corrected chi connectivity index (χ3v) is 2.43. The predicted molar refractivity (Wildman–Crippen MR) is 68.1 cm³/mol. The highest BCUT2D eigenvalue weighted by atomic mass is 35.5. The summed E-state index contributed by atoms with van der Waals surface area (Å²) < 4.78 is 1.03. The summed E-state index contributed by atoms with van der Waals surface area (Å²) >= 11 is 5.71. The minimum absolute atomic E-state index is 0.0487. The van der Waals surface area contributed by atoms with Gasteiger partial charge in [-0.25, -0.2) is 9.48 Å². The maximum Gasteiger partial charge on any atom is 0.365 e. The molecule has 2 aromatic rings. The summed E-state index contributed by atoms with van der Waals surface area (Å²) in [5.74, 6) is 0.0692. The van der Waals surface area contributed by atoms with E-state index in [0.29, 0.717) is 10.7 Å². The largest absolute Gasteiger partial charge is 0.506 e. The van der Waals surface area contributed by atoms with E-state index in [1.165, 1.54) is 13.1 Å². The van der Waals surface area contributed by atoms with E-state index in [-0.39, 0.29) is 17.4 Å². The van der Waals surface area contributed by atoms with Crippen LogP contribution in [0.4, 0.5) is 17.3 Å². The molecule has 0 amide bonds. The van der Waals surface area contributed by atoms with Crippen molar-refractivity contribution in [3.05, 3.63) is 33.7 Å². The average molecular weight is 268 g/mol. The summed E-state index contributed by atoms with van der Waals surface area (Å²) in [5.41, 5.74) is 5.36. The first-order valence-corrected chi connectivity index (χ1v) is 5.31. The van der Waals surface area contributed by atoms with Crippen LogP contribution in [-0.4, -0.2) is 19.9 Å². The van der Waals surface area contributed by atoms with Gasteiger partial charge in [-0.05, 0) is 12.1 Å². The Balaban J connectivity index is 2.40. The van der Waals surface area contributed by atoms with E-state index in [1.807, 2.05) is 0 Å². The number of aromatic nitrogens is 3. The van der Waals surface area contributed by atoms with E-state index in [1.54, 1.807) is 12.1 Å². The van der Waals surface area contributed by atoms with Crippen molar-refractivity contribution in [3.8, 4) is 5.75 Å². The second-order valence-corrected chi connectivity index (χ2v) is 3.97. The van der Waals surface area contributed by atoms with Gasteiger partial charge < -0.3 is 16.2 Å². The fourth-order valence-electron chi connectivity index (χ4n) is 1.30. The molecular weight excluding hydrogens is 258 g/mol. The van der Waals surface area contributed by atoms with Crippen LogP contribution >= 0.6 is 11.6 Å². The molecule has 0 atom stereocenters. The van der Waals surface area contributed by atoms with Crippen molar-refractivity contribution in [1.29, 1.82) is 0 Å². The van der Waals surface area contributed by atoms with Crippen LogP contribution in [0.15, 0.2) is 23.0 Å². The van der Waals surface area contributed by atoms with E-state index in [9.17, 15) is 9.90 Å². The van der Waals surface area contributed by atoms with Crippen LogP contribution in [0.3, 0.4) is 0 Å². The first-order chi connectivity index (χ1) is 8.47. The number of nitrogens with zero attached hydrogens (tertiary/aromatic N) is 3. The zero-order valence-corrected chi connectivity index (χ0v) is 10.1. The number of hydrogen-bond acceptors (Lipinski definition) is 6. The summed E-state index contributed by atoms with van der Waals surface area (Å²) in [6.07, 6.45) is 0. The molecule has 0 saturated heterocycles. The predicted octanol–water partition coefficient (Wildman–Crippen LogP) is 0.860. The van der Waals surface area contributed by atoms with Crippen LogP contribution in [0.2, 0.25) is 5.02 Å². The van der Waals surface area contributed by atoms with Crippen LogP contribution in [0.1, 0.15) is 0 Å². The quantitative estimate of drug-likeness (QED) is 0.697. The van der Waals surface area contributed by atoms with Crippen molar-refractivity contribution >= 4 is 28.9 Å². The van der Waals surface area contributed by atoms with E-state index in [4.69, 9.17) is 17.3 Å². The van der Waals surface area contributed by atoms with Crippen molar-refractivity contribution in [2.45, 2.75) is 0 Å². The van der Waals surface area contributed by atoms with Crippen molar-refractivity contribution in [2.75, 3.05) is 11.1 Å². The van der Waals surface area contributed by atoms with Crippen molar-refractivity contribution in [1.82, 2.24) is 14.8 Å². The Kier molecular flexibility index (Phi) is 3.07. The fourth-order valence-corrected chi connectivity index (χ4v) is 1.47. The van der Waals surface area contributed by atoms with Gasteiger partial charge in [-0.3, -0.25) is 0 Å². The third kappa shape index (κ3) is 2.35. The number of nitrogens with two attached hydrogens (primary N) is 1.